The predicted molar refractivity (Wildman–Crippen MR) is 53.7 cm³/mol. The van der Waals surface area contributed by atoms with E-state index in [1.54, 1.807) is 0 Å². The minimum atomic E-state index is -0.00880. The molecular weight excluding hydrogens is 180 g/mol. The predicted octanol–water partition coefficient (Wildman–Crippen LogP) is 0.525. The number of likely N-dealkylation sites (tertiary alicyclic amines) is 1. The van der Waals surface area contributed by atoms with Crippen molar-refractivity contribution in [2.75, 3.05) is 19.6 Å². The third kappa shape index (κ3) is 3.10. The van der Waals surface area contributed by atoms with Crippen molar-refractivity contribution >= 4 is 11.8 Å². The molecule has 4 nitrogen and oxygen atoms in total. The fraction of sp³-hybridized carbons (Fsp3) is 0.800. The smallest absolute Gasteiger partial charge is 0.229 e. The van der Waals surface area contributed by atoms with Crippen LogP contribution >= 0.6 is 0 Å². The normalized spacial score (nSPS) is 16.8. The van der Waals surface area contributed by atoms with Crippen LogP contribution in [0.5, 0.6) is 0 Å². The Morgan fingerprint density at radius 2 is 1.86 bits per heavy atom. The molecule has 0 atom stereocenters. The molecule has 2 amide bonds. The molecule has 0 saturated carbocycles. The Morgan fingerprint density at radius 1 is 1.21 bits per heavy atom. The Morgan fingerprint density at radius 3 is 2.43 bits per heavy atom. The molecule has 0 aromatic heterocycles. The zero-order valence-corrected chi connectivity index (χ0v) is 8.71. The van der Waals surface area contributed by atoms with Gasteiger partial charge < -0.3 is 5.32 Å². The van der Waals surface area contributed by atoms with Gasteiger partial charge in [-0.05, 0) is 25.9 Å². The Bertz CT molecular complexity index is 200. The van der Waals surface area contributed by atoms with Gasteiger partial charge in [-0.15, -0.1) is 0 Å². The summed E-state index contributed by atoms with van der Waals surface area (Å²) < 4.78 is 0. The summed E-state index contributed by atoms with van der Waals surface area (Å²) in [7, 11) is 0. The van der Waals surface area contributed by atoms with E-state index in [4.69, 9.17) is 0 Å². The highest BCUT2D eigenvalue weighted by Crippen LogP contribution is 2.11. The van der Waals surface area contributed by atoms with Gasteiger partial charge in [0.05, 0.1) is 0 Å². The number of carbonyl (C=O) groups excluding carboxylic acids is 2. The molecule has 0 radical (unpaired) electrons. The van der Waals surface area contributed by atoms with Gasteiger partial charge in [0.15, 0.2) is 0 Å². The summed E-state index contributed by atoms with van der Waals surface area (Å²) in [5, 5.41) is 3.24. The Kier molecular flexibility index (Phi) is 4.59. The molecule has 0 aromatic carbocycles. The topological polar surface area (TPSA) is 49.4 Å². The number of carbonyl (C=O) groups is 2. The molecule has 1 aliphatic rings. The number of rotatable bonds is 6. The number of imide groups is 1. The number of hydrogen-bond acceptors (Lipinski definition) is 3. The van der Waals surface area contributed by atoms with Gasteiger partial charge in [-0.2, -0.15) is 0 Å². The average molecular weight is 198 g/mol. The molecule has 1 heterocycles. The second kappa shape index (κ2) is 5.75. The van der Waals surface area contributed by atoms with Crippen molar-refractivity contribution in [3.05, 3.63) is 0 Å². The van der Waals surface area contributed by atoms with Gasteiger partial charge in [0.2, 0.25) is 11.8 Å². The van der Waals surface area contributed by atoms with Crippen LogP contribution in [0.1, 0.15) is 32.6 Å². The van der Waals surface area contributed by atoms with E-state index in [-0.39, 0.29) is 11.8 Å². The largest absolute Gasteiger partial charge is 0.317 e. The van der Waals surface area contributed by atoms with Crippen LogP contribution in [0.2, 0.25) is 0 Å². The molecule has 4 heteroatoms. The van der Waals surface area contributed by atoms with Gasteiger partial charge >= 0.3 is 0 Å². The van der Waals surface area contributed by atoms with E-state index in [9.17, 15) is 9.59 Å². The number of hydrogen-bond donors (Lipinski definition) is 1. The molecule has 0 aliphatic carbocycles. The molecule has 0 aromatic rings. The first-order valence-electron chi connectivity index (χ1n) is 5.29. The molecule has 0 unspecified atom stereocenters. The van der Waals surface area contributed by atoms with Crippen LogP contribution in [0.4, 0.5) is 0 Å². The Labute approximate surface area is 84.7 Å². The second-order valence-corrected chi connectivity index (χ2v) is 3.54. The Hall–Kier alpha value is -0.900. The fourth-order valence-electron chi connectivity index (χ4n) is 1.54. The molecule has 0 spiro atoms. The molecular formula is C10H18N2O2. The third-order valence-corrected chi connectivity index (χ3v) is 2.32. The lowest BCUT2D eigenvalue weighted by molar-refractivity contribution is -0.138. The first kappa shape index (κ1) is 11.2. The zero-order chi connectivity index (χ0) is 10.4. The van der Waals surface area contributed by atoms with E-state index in [0.717, 1.165) is 25.9 Å². The quantitative estimate of drug-likeness (QED) is 0.500. The van der Waals surface area contributed by atoms with Crippen molar-refractivity contribution in [1.29, 1.82) is 0 Å². The molecule has 1 fully saturated rings. The first-order valence-corrected chi connectivity index (χ1v) is 5.29. The number of nitrogens with one attached hydrogen (secondary N) is 1. The van der Waals surface area contributed by atoms with Gasteiger partial charge in [0.1, 0.15) is 0 Å². The average Bonchev–Trinajstić information content (AvgIpc) is 2.48. The molecule has 1 rings (SSSR count). The Balaban J connectivity index is 2.11. The minimum Gasteiger partial charge on any atom is -0.317 e. The van der Waals surface area contributed by atoms with Crippen LogP contribution in [0.3, 0.4) is 0 Å². The minimum absolute atomic E-state index is 0.00880. The highest BCUT2D eigenvalue weighted by molar-refractivity contribution is 6.01. The van der Waals surface area contributed by atoms with Gasteiger partial charge in [-0.25, -0.2) is 0 Å². The summed E-state index contributed by atoms with van der Waals surface area (Å²) in [6, 6.07) is 0. The lowest BCUT2D eigenvalue weighted by atomic mass is 10.3. The standard InChI is InChI=1S/C10H18N2O2/c1-2-6-11-7-3-8-12-9(13)4-5-10(12)14/h11H,2-8H2,1H3. The summed E-state index contributed by atoms with van der Waals surface area (Å²) in [5.41, 5.74) is 0. The molecule has 1 saturated heterocycles. The van der Waals surface area contributed by atoms with E-state index in [0.29, 0.717) is 19.4 Å². The molecule has 1 aliphatic heterocycles. The van der Waals surface area contributed by atoms with Gasteiger partial charge in [0.25, 0.3) is 0 Å². The number of nitrogens with zero attached hydrogens (tertiary/aromatic N) is 1. The lowest BCUT2D eigenvalue weighted by Gasteiger charge is -2.13. The SMILES string of the molecule is CCCNCCCN1C(=O)CCC1=O. The maximum absolute atomic E-state index is 11.2. The lowest BCUT2D eigenvalue weighted by Crippen LogP contribution is -2.32. The second-order valence-electron chi connectivity index (χ2n) is 3.54. The van der Waals surface area contributed by atoms with Crippen molar-refractivity contribution in [1.82, 2.24) is 10.2 Å². The third-order valence-electron chi connectivity index (χ3n) is 2.32. The van der Waals surface area contributed by atoms with Crippen LogP contribution in [0.25, 0.3) is 0 Å². The zero-order valence-electron chi connectivity index (χ0n) is 8.71. The van der Waals surface area contributed by atoms with E-state index < -0.39 is 0 Å². The molecule has 1 N–H and O–H groups in total. The monoisotopic (exact) mass is 198 g/mol. The van der Waals surface area contributed by atoms with Gasteiger partial charge in [-0.3, -0.25) is 14.5 Å². The van der Waals surface area contributed by atoms with E-state index in [1.165, 1.54) is 4.90 Å². The fourth-order valence-corrected chi connectivity index (χ4v) is 1.54. The van der Waals surface area contributed by atoms with Crippen LogP contribution < -0.4 is 5.32 Å². The van der Waals surface area contributed by atoms with E-state index >= 15 is 0 Å². The molecule has 80 valence electrons. The van der Waals surface area contributed by atoms with Crippen LogP contribution in [-0.4, -0.2) is 36.3 Å². The van der Waals surface area contributed by atoms with Gasteiger partial charge in [-0.1, -0.05) is 6.92 Å². The highest BCUT2D eigenvalue weighted by Gasteiger charge is 2.27. The molecule has 14 heavy (non-hydrogen) atoms. The van der Waals surface area contributed by atoms with Crippen molar-refractivity contribution < 1.29 is 9.59 Å². The van der Waals surface area contributed by atoms with Crippen LogP contribution in [-0.2, 0) is 9.59 Å². The highest BCUT2D eigenvalue weighted by atomic mass is 16.2. The summed E-state index contributed by atoms with van der Waals surface area (Å²) in [6.07, 6.45) is 2.78. The molecule has 0 bridgehead atoms. The van der Waals surface area contributed by atoms with E-state index in [2.05, 4.69) is 12.2 Å². The van der Waals surface area contributed by atoms with Gasteiger partial charge in [0, 0.05) is 19.4 Å². The maximum Gasteiger partial charge on any atom is 0.229 e. The maximum atomic E-state index is 11.2. The summed E-state index contributed by atoms with van der Waals surface area (Å²) in [4.78, 5) is 23.8. The summed E-state index contributed by atoms with van der Waals surface area (Å²) in [6.45, 7) is 4.57. The first-order chi connectivity index (χ1) is 6.75. The van der Waals surface area contributed by atoms with Crippen LogP contribution in [0, 0.1) is 0 Å². The summed E-state index contributed by atoms with van der Waals surface area (Å²) in [5.74, 6) is -0.0176. The summed E-state index contributed by atoms with van der Waals surface area (Å²) >= 11 is 0. The van der Waals surface area contributed by atoms with Crippen molar-refractivity contribution in [2.45, 2.75) is 32.6 Å². The van der Waals surface area contributed by atoms with Crippen molar-refractivity contribution in [3.8, 4) is 0 Å². The number of amides is 2. The van der Waals surface area contributed by atoms with Crippen molar-refractivity contribution in [3.63, 3.8) is 0 Å². The van der Waals surface area contributed by atoms with Crippen molar-refractivity contribution in [2.24, 2.45) is 0 Å². The van der Waals surface area contributed by atoms with Crippen LogP contribution in [0.15, 0.2) is 0 Å². The van der Waals surface area contributed by atoms with E-state index in [1.807, 2.05) is 0 Å².